The Morgan fingerprint density at radius 2 is 1.90 bits per heavy atom. The van der Waals surface area contributed by atoms with E-state index in [1.54, 1.807) is 0 Å². The van der Waals surface area contributed by atoms with Crippen molar-refractivity contribution in [1.82, 2.24) is 5.32 Å². The summed E-state index contributed by atoms with van der Waals surface area (Å²) in [5.41, 5.74) is 6.22. The molecule has 0 aromatic rings. The van der Waals surface area contributed by atoms with Crippen LogP contribution in [0.15, 0.2) is 5.16 Å². The predicted molar refractivity (Wildman–Crippen MR) is 125 cm³/mol. The van der Waals surface area contributed by atoms with Crippen molar-refractivity contribution in [3.05, 3.63) is 0 Å². The molecule has 0 bridgehead atoms. The van der Waals surface area contributed by atoms with Gasteiger partial charge in [-0.05, 0) is 111 Å². The third kappa shape index (κ3) is 4.46. The Morgan fingerprint density at radius 1 is 1.13 bits per heavy atom. The third-order valence-electron chi connectivity index (χ3n) is 10.1. The molecule has 0 aromatic heterocycles. The molecule has 4 aliphatic rings. The van der Waals surface area contributed by atoms with Crippen LogP contribution in [0.25, 0.3) is 0 Å². The molecule has 4 aliphatic carbocycles. The lowest BCUT2D eigenvalue weighted by Crippen LogP contribution is -2.53. The van der Waals surface area contributed by atoms with Crippen LogP contribution >= 0.6 is 0 Å². The van der Waals surface area contributed by atoms with Gasteiger partial charge < -0.3 is 21.0 Å². The maximum atomic E-state index is 10.2. The monoisotopic (exact) mass is 432 g/mol. The molecule has 31 heavy (non-hydrogen) atoms. The Bertz CT molecular complexity index is 670. The minimum Gasteiger partial charge on any atom is -0.394 e. The molecule has 4 saturated carbocycles. The Labute approximate surface area is 188 Å². The van der Waals surface area contributed by atoms with E-state index in [2.05, 4.69) is 24.3 Å². The average molecular weight is 433 g/mol. The summed E-state index contributed by atoms with van der Waals surface area (Å²) in [4.78, 5) is 5.26. The summed E-state index contributed by atoms with van der Waals surface area (Å²) in [6.07, 6.45) is 15.7. The zero-order valence-electron chi connectivity index (χ0n) is 19.6. The standard InChI is InChI=1S/C25H44N4O2/c1-24-12-10-22-20(7-5-18-16-19(30)9-11-25(18,22)2)21(24)8-6-17(24)4-3-13-29-31-15-14-28-23(26)27/h13,17-22,30H,3-12,14-16H2,1-2H3,(H4,26,27,28)/t17?,18?,19?,20-,21-,22+,24+,25-/m0/s1. The average Bonchev–Trinajstić information content (AvgIpc) is 3.06. The molecular formula is C25H44N4O2. The van der Waals surface area contributed by atoms with Crippen LogP contribution in [-0.4, -0.2) is 36.5 Å². The van der Waals surface area contributed by atoms with Crippen LogP contribution in [-0.2, 0) is 4.84 Å². The third-order valence-corrected chi connectivity index (χ3v) is 10.1. The maximum absolute atomic E-state index is 10.2. The van der Waals surface area contributed by atoms with Crippen LogP contribution in [0, 0.1) is 45.8 Å². The first-order valence-electron chi connectivity index (χ1n) is 12.7. The molecule has 176 valence electrons. The number of nitrogens with one attached hydrogen (secondary N) is 2. The molecule has 0 amide bonds. The van der Waals surface area contributed by atoms with Gasteiger partial charge in [-0.25, -0.2) is 0 Å². The number of guanidine groups is 1. The summed E-state index contributed by atoms with van der Waals surface area (Å²) in [6.45, 7) is 6.12. The Hall–Kier alpha value is -1.30. The second-order valence-electron chi connectivity index (χ2n) is 11.4. The van der Waals surface area contributed by atoms with Gasteiger partial charge in [0.15, 0.2) is 5.96 Å². The van der Waals surface area contributed by atoms with Crippen molar-refractivity contribution < 1.29 is 9.94 Å². The zero-order valence-corrected chi connectivity index (χ0v) is 19.6. The number of hydrogen-bond donors (Lipinski definition) is 4. The molecule has 0 aromatic carbocycles. The molecule has 0 aliphatic heterocycles. The van der Waals surface area contributed by atoms with E-state index in [0.29, 0.717) is 24.0 Å². The highest BCUT2D eigenvalue weighted by molar-refractivity contribution is 5.74. The van der Waals surface area contributed by atoms with Crippen LogP contribution in [0.3, 0.4) is 0 Å². The van der Waals surface area contributed by atoms with Gasteiger partial charge in [0.2, 0.25) is 0 Å². The van der Waals surface area contributed by atoms with Crippen LogP contribution in [0.5, 0.6) is 0 Å². The summed E-state index contributed by atoms with van der Waals surface area (Å²) in [6, 6.07) is 0. The molecule has 0 heterocycles. The van der Waals surface area contributed by atoms with Gasteiger partial charge in [-0.15, -0.1) is 0 Å². The van der Waals surface area contributed by atoms with Gasteiger partial charge in [0.05, 0.1) is 12.6 Å². The number of nitrogens with two attached hydrogens (primary N) is 1. The molecular weight excluding hydrogens is 388 g/mol. The first-order valence-corrected chi connectivity index (χ1v) is 12.7. The van der Waals surface area contributed by atoms with E-state index in [1.807, 2.05) is 6.21 Å². The highest BCUT2D eigenvalue weighted by Gasteiger charge is 2.59. The summed E-state index contributed by atoms with van der Waals surface area (Å²) < 4.78 is 0. The van der Waals surface area contributed by atoms with Gasteiger partial charge in [-0.2, -0.15) is 0 Å². The molecule has 6 nitrogen and oxygen atoms in total. The van der Waals surface area contributed by atoms with Crippen LogP contribution in [0.1, 0.15) is 84.5 Å². The number of fused-ring (bicyclic) bond motifs is 5. The highest BCUT2D eigenvalue weighted by Crippen LogP contribution is 2.67. The molecule has 3 unspecified atom stereocenters. The number of rotatable bonds is 7. The zero-order chi connectivity index (χ0) is 22.1. The number of oxime groups is 1. The first kappa shape index (κ1) is 22.9. The second-order valence-corrected chi connectivity index (χ2v) is 11.4. The fourth-order valence-electron chi connectivity index (χ4n) is 8.48. The minimum atomic E-state index is -0.0459. The summed E-state index contributed by atoms with van der Waals surface area (Å²) >= 11 is 0. The fraction of sp³-hybridized carbons (Fsp3) is 0.920. The van der Waals surface area contributed by atoms with Crippen molar-refractivity contribution in [3.63, 3.8) is 0 Å². The number of nitrogens with zero attached hydrogens (tertiary/aromatic N) is 1. The molecule has 0 saturated heterocycles. The quantitative estimate of drug-likeness (QED) is 0.209. The normalized spacial score (nSPS) is 44.4. The summed E-state index contributed by atoms with van der Waals surface area (Å²) in [5.74, 6) is 4.21. The lowest BCUT2D eigenvalue weighted by molar-refractivity contribution is -0.126. The molecule has 6 heteroatoms. The number of aliphatic hydroxyl groups is 1. The molecule has 4 fully saturated rings. The van der Waals surface area contributed by atoms with Gasteiger partial charge in [0.1, 0.15) is 6.61 Å². The van der Waals surface area contributed by atoms with Crippen LogP contribution in [0.2, 0.25) is 0 Å². The van der Waals surface area contributed by atoms with Gasteiger partial charge in [0, 0.05) is 6.21 Å². The lowest BCUT2D eigenvalue weighted by Gasteiger charge is -2.61. The minimum absolute atomic E-state index is 0.0325. The van der Waals surface area contributed by atoms with Gasteiger partial charge in [-0.3, -0.25) is 5.41 Å². The Kier molecular flexibility index (Phi) is 6.85. The van der Waals surface area contributed by atoms with Crippen molar-refractivity contribution in [2.24, 2.45) is 51.3 Å². The van der Waals surface area contributed by atoms with E-state index < -0.39 is 0 Å². The van der Waals surface area contributed by atoms with Gasteiger partial charge in [0.25, 0.3) is 0 Å². The van der Waals surface area contributed by atoms with Crippen molar-refractivity contribution in [2.75, 3.05) is 13.2 Å². The van der Waals surface area contributed by atoms with Crippen molar-refractivity contribution >= 4 is 12.2 Å². The SMILES string of the molecule is C[C@]12CCC(O)CC1CC[C@@H]1[C@H]2CC[C@]2(C)C(CCC=NOCCNC(=N)N)CC[C@@H]12. The van der Waals surface area contributed by atoms with Crippen LogP contribution in [0.4, 0.5) is 0 Å². The molecule has 0 spiro atoms. The van der Waals surface area contributed by atoms with E-state index >= 15 is 0 Å². The number of hydrogen-bond acceptors (Lipinski definition) is 4. The molecule has 5 N–H and O–H groups in total. The van der Waals surface area contributed by atoms with Crippen LogP contribution < -0.4 is 11.1 Å². The first-order chi connectivity index (χ1) is 14.8. The predicted octanol–water partition coefficient (Wildman–Crippen LogP) is 4.27. The maximum Gasteiger partial charge on any atom is 0.185 e. The lowest BCUT2D eigenvalue weighted by atomic mass is 9.44. The Morgan fingerprint density at radius 3 is 2.71 bits per heavy atom. The van der Waals surface area contributed by atoms with Gasteiger partial charge >= 0.3 is 0 Å². The van der Waals surface area contributed by atoms with E-state index in [4.69, 9.17) is 16.0 Å². The fourth-order valence-corrected chi connectivity index (χ4v) is 8.48. The topological polar surface area (TPSA) is 104 Å². The molecule has 8 atom stereocenters. The van der Waals surface area contributed by atoms with Crippen molar-refractivity contribution in [3.8, 4) is 0 Å². The largest absolute Gasteiger partial charge is 0.394 e. The Balaban J connectivity index is 1.30. The highest BCUT2D eigenvalue weighted by atomic mass is 16.6. The van der Waals surface area contributed by atoms with E-state index in [-0.39, 0.29) is 12.1 Å². The van der Waals surface area contributed by atoms with E-state index in [0.717, 1.165) is 48.9 Å². The smallest absolute Gasteiger partial charge is 0.185 e. The number of aliphatic hydroxyl groups excluding tert-OH is 1. The molecule has 0 radical (unpaired) electrons. The summed E-state index contributed by atoms with van der Waals surface area (Å²) in [7, 11) is 0. The van der Waals surface area contributed by atoms with Crippen molar-refractivity contribution in [2.45, 2.75) is 90.6 Å². The summed E-state index contributed by atoms with van der Waals surface area (Å²) in [5, 5.41) is 24.1. The van der Waals surface area contributed by atoms with Crippen molar-refractivity contribution in [1.29, 1.82) is 5.41 Å². The molecule has 4 rings (SSSR count). The van der Waals surface area contributed by atoms with Gasteiger partial charge in [-0.1, -0.05) is 19.0 Å². The van der Waals surface area contributed by atoms with E-state index in [9.17, 15) is 5.11 Å². The second kappa shape index (κ2) is 9.29. The van der Waals surface area contributed by atoms with E-state index in [1.165, 1.54) is 51.4 Å².